The molecule has 1 aliphatic rings. The molecule has 1 fully saturated rings. The van der Waals surface area contributed by atoms with Crippen LogP contribution in [0.4, 0.5) is 0 Å². The summed E-state index contributed by atoms with van der Waals surface area (Å²) in [6.07, 6.45) is 2.76. The van der Waals surface area contributed by atoms with Crippen molar-refractivity contribution in [1.29, 1.82) is 0 Å². The predicted octanol–water partition coefficient (Wildman–Crippen LogP) is 2.15. The summed E-state index contributed by atoms with van der Waals surface area (Å²) in [7, 11) is 0. The van der Waals surface area contributed by atoms with Gasteiger partial charge in [0.2, 0.25) is 0 Å². The van der Waals surface area contributed by atoms with E-state index in [0.717, 1.165) is 30.1 Å². The van der Waals surface area contributed by atoms with Crippen molar-refractivity contribution in [3.63, 3.8) is 0 Å². The van der Waals surface area contributed by atoms with Gasteiger partial charge in [-0.3, -0.25) is 0 Å². The fraction of sp³-hybridized carbons (Fsp3) is 0.444. The van der Waals surface area contributed by atoms with Crippen molar-refractivity contribution < 1.29 is 0 Å². The van der Waals surface area contributed by atoms with Crippen LogP contribution in [-0.2, 0) is 6.42 Å². The smallest absolute Gasteiger partial charge is 0.130 e. The Hall–Kier alpha value is -0.310. The predicted molar refractivity (Wildman–Crippen MR) is 54.3 cm³/mol. The lowest BCUT2D eigenvalue weighted by Crippen LogP contribution is -2.43. The lowest BCUT2D eigenvalue weighted by atomic mass is 9.95. The van der Waals surface area contributed by atoms with Crippen molar-refractivity contribution in [2.24, 2.45) is 5.92 Å². The number of hydrogen-bond acceptors (Lipinski definition) is 2. The van der Waals surface area contributed by atoms with E-state index < -0.39 is 0 Å². The zero-order valence-electron chi connectivity index (χ0n) is 7.06. The number of nitrogens with zero attached hydrogens (tertiary/aromatic N) is 1. The molecule has 13 heavy (non-hydrogen) atoms. The Bertz CT molecular complexity index is 310. The van der Waals surface area contributed by atoms with Crippen LogP contribution in [0.25, 0.3) is 0 Å². The molecule has 0 aromatic carbocycles. The first-order valence-corrected chi connectivity index (χ1v) is 5.02. The Balaban J connectivity index is 2.10. The fourth-order valence-electron chi connectivity index (χ4n) is 1.39. The van der Waals surface area contributed by atoms with Gasteiger partial charge in [-0.1, -0.05) is 23.2 Å². The molecule has 1 aromatic rings. The van der Waals surface area contributed by atoms with Crippen molar-refractivity contribution in [2.75, 3.05) is 13.1 Å². The topological polar surface area (TPSA) is 24.9 Å². The van der Waals surface area contributed by atoms with E-state index in [4.69, 9.17) is 23.2 Å². The van der Waals surface area contributed by atoms with Gasteiger partial charge in [0, 0.05) is 11.2 Å². The van der Waals surface area contributed by atoms with E-state index in [-0.39, 0.29) is 0 Å². The van der Waals surface area contributed by atoms with Crippen LogP contribution in [0.15, 0.2) is 12.3 Å². The van der Waals surface area contributed by atoms with Gasteiger partial charge in [0.25, 0.3) is 0 Å². The van der Waals surface area contributed by atoms with E-state index in [0.29, 0.717) is 11.1 Å². The standard InChI is InChI=1S/C9H10Cl2N2/c10-8-2-9(11)13-5-7(8)1-6-3-12-4-6/h2,5-6,12H,1,3-4H2. The van der Waals surface area contributed by atoms with Crippen LogP contribution in [0.1, 0.15) is 5.56 Å². The summed E-state index contributed by atoms with van der Waals surface area (Å²) in [5, 5.41) is 4.41. The van der Waals surface area contributed by atoms with Crippen LogP contribution in [0.5, 0.6) is 0 Å². The highest BCUT2D eigenvalue weighted by molar-refractivity contribution is 6.34. The second-order valence-electron chi connectivity index (χ2n) is 3.33. The lowest BCUT2D eigenvalue weighted by Gasteiger charge is -2.27. The summed E-state index contributed by atoms with van der Waals surface area (Å²) >= 11 is 11.7. The second-order valence-corrected chi connectivity index (χ2v) is 4.12. The van der Waals surface area contributed by atoms with Crippen molar-refractivity contribution in [3.8, 4) is 0 Å². The lowest BCUT2D eigenvalue weighted by molar-refractivity contribution is 0.346. The molecule has 2 nitrogen and oxygen atoms in total. The van der Waals surface area contributed by atoms with Gasteiger partial charge in [0.15, 0.2) is 0 Å². The van der Waals surface area contributed by atoms with Gasteiger partial charge < -0.3 is 5.32 Å². The molecule has 2 rings (SSSR count). The monoisotopic (exact) mass is 216 g/mol. The molecule has 0 saturated carbocycles. The van der Waals surface area contributed by atoms with Crippen LogP contribution < -0.4 is 5.32 Å². The molecule has 0 amide bonds. The van der Waals surface area contributed by atoms with Crippen LogP contribution >= 0.6 is 23.2 Å². The van der Waals surface area contributed by atoms with Crippen molar-refractivity contribution >= 4 is 23.2 Å². The minimum absolute atomic E-state index is 0.459. The first kappa shape index (κ1) is 9.25. The van der Waals surface area contributed by atoms with Gasteiger partial charge >= 0.3 is 0 Å². The average molecular weight is 217 g/mol. The maximum Gasteiger partial charge on any atom is 0.130 e. The van der Waals surface area contributed by atoms with Gasteiger partial charge in [0.1, 0.15) is 5.15 Å². The van der Waals surface area contributed by atoms with E-state index in [2.05, 4.69) is 10.3 Å². The fourth-order valence-corrected chi connectivity index (χ4v) is 1.83. The quantitative estimate of drug-likeness (QED) is 0.767. The molecule has 70 valence electrons. The first-order chi connectivity index (χ1) is 6.25. The molecular formula is C9H10Cl2N2. The summed E-state index contributed by atoms with van der Waals surface area (Å²) in [4.78, 5) is 4.01. The molecule has 2 heterocycles. The van der Waals surface area contributed by atoms with Crippen LogP contribution in [0.3, 0.4) is 0 Å². The minimum Gasteiger partial charge on any atom is -0.316 e. The maximum atomic E-state index is 6.01. The Morgan fingerprint density at radius 1 is 1.46 bits per heavy atom. The number of hydrogen-bond donors (Lipinski definition) is 1. The van der Waals surface area contributed by atoms with E-state index in [1.807, 2.05) is 0 Å². The van der Waals surface area contributed by atoms with E-state index in [9.17, 15) is 0 Å². The number of pyridine rings is 1. The van der Waals surface area contributed by atoms with Crippen molar-refractivity contribution in [3.05, 3.63) is 28.0 Å². The van der Waals surface area contributed by atoms with Crippen molar-refractivity contribution in [2.45, 2.75) is 6.42 Å². The minimum atomic E-state index is 0.459. The Labute approximate surface area is 87.3 Å². The zero-order valence-corrected chi connectivity index (χ0v) is 8.57. The number of aromatic nitrogens is 1. The molecule has 1 aliphatic heterocycles. The molecule has 1 saturated heterocycles. The third-order valence-corrected chi connectivity index (χ3v) is 2.83. The SMILES string of the molecule is Clc1cc(Cl)c(CC2CNC2)cn1. The molecule has 1 aromatic heterocycles. The van der Waals surface area contributed by atoms with Gasteiger partial charge in [-0.2, -0.15) is 0 Å². The van der Waals surface area contributed by atoms with Gasteiger partial charge in [-0.15, -0.1) is 0 Å². The molecule has 0 bridgehead atoms. The van der Waals surface area contributed by atoms with E-state index >= 15 is 0 Å². The Morgan fingerprint density at radius 3 is 2.77 bits per heavy atom. The van der Waals surface area contributed by atoms with Crippen LogP contribution in [0.2, 0.25) is 10.2 Å². The average Bonchev–Trinajstić information content (AvgIpc) is 1.99. The highest BCUT2D eigenvalue weighted by Crippen LogP contribution is 2.22. The largest absolute Gasteiger partial charge is 0.316 e. The summed E-state index contributed by atoms with van der Waals surface area (Å²) in [5.74, 6) is 0.709. The summed E-state index contributed by atoms with van der Waals surface area (Å²) < 4.78 is 0. The molecule has 0 atom stereocenters. The van der Waals surface area contributed by atoms with Gasteiger partial charge in [-0.05, 0) is 37.1 Å². The number of rotatable bonds is 2. The molecule has 0 unspecified atom stereocenters. The van der Waals surface area contributed by atoms with Crippen LogP contribution in [-0.4, -0.2) is 18.1 Å². The van der Waals surface area contributed by atoms with Crippen LogP contribution in [0, 0.1) is 5.92 Å². The highest BCUT2D eigenvalue weighted by atomic mass is 35.5. The van der Waals surface area contributed by atoms with E-state index in [1.165, 1.54) is 0 Å². The Morgan fingerprint density at radius 2 is 2.23 bits per heavy atom. The third-order valence-electron chi connectivity index (χ3n) is 2.27. The second kappa shape index (κ2) is 3.82. The number of nitrogens with one attached hydrogen (secondary N) is 1. The summed E-state index contributed by atoms with van der Waals surface area (Å²) in [6, 6.07) is 1.70. The van der Waals surface area contributed by atoms with Gasteiger partial charge in [0.05, 0.1) is 0 Å². The Kier molecular flexibility index (Phi) is 2.72. The molecule has 0 radical (unpaired) electrons. The molecule has 0 aliphatic carbocycles. The van der Waals surface area contributed by atoms with E-state index in [1.54, 1.807) is 12.3 Å². The van der Waals surface area contributed by atoms with Crippen molar-refractivity contribution in [1.82, 2.24) is 10.3 Å². The molecular weight excluding hydrogens is 207 g/mol. The maximum absolute atomic E-state index is 6.01. The third kappa shape index (κ3) is 2.13. The van der Waals surface area contributed by atoms with Gasteiger partial charge in [-0.25, -0.2) is 4.98 Å². The summed E-state index contributed by atoms with van der Waals surface area (Å²) in [6.45, 7) is 2.16. The molecule has 1 N–H and O–H groups in total. The molecule has 0 spiro atoms. The molecule has 4 heteroatoms. The summed E-state index contributed by atoms with van der Waals surface area (Å²) in [5.41, 5.74) is 1.09. The number of halogens is 2. The normalized spacial score (nSPS) is 17.1. The zero-order chi connectivity index (χ0) is 9.26. The first-order valence-electron chi connectivity index (χ1n) is 4.26. The highest BCUT2D eigenvalue weighted by Gasteiger charge is 2.18.